The summed E-state index contributed by atoms with van der Waals surface area (Å²) in [5, 5.41) is 2.81. The molecule has 0 bridgehead atoms. The molecule has 1 aromatic heterocycles. The summed E-state index contributed by atoms with van der Waals surface area (Å²) in [6.45, 7) is 0. The second kappa shape index (κ2) is 2.70. The Labute approximate surface area is 55.9 Å². The predicted molar refractivity (Wildman–Crippen MR) is 32.2 cm³/mol. The summed E-state index contributed by atoms with van der Waals surface area (Å²) < 4.78 is 4.63. The van der Waals surface area contributed by atoms with Crippen LogP contribution in [-0.2, 0) is 0 Å². The molecule has 50 valence electrons. The fraction of sp³-hybridized carbons (Fsp3) is 0. The van der Waals surface area contributed by atoms with E-state index in [1.165, 1.54) is 12.3 Å². The molecule has 0 atom stereocenters. The molecule has 5 nitrogen and oxygen atoms in total. The van der Waals surface area contributed by atoms with Gasteiger partial charge in [0, 0.05) is 4.91 Å². The maximum atomic E-state index is 10.6. The number of rotatable bonds is 1. The molecule has 0 fully saturated rings. The highest BCUT2D eigenvalue weighted by atomic mass is 16.3. The molecule has 0 unspecified atom stereocenters. The fourth-order valence-electron chi connectivity index (χ4n) is 0.490. The number of carbonyl (C=O) groups is 1. The highest BCUT2D eigenvalue weighted by molar-refractivity contribution is 5.91. The van der Waals surface area contributed by atoms with Gasteiger partial charge in [-0.25, -0.2) is 0 Å². The average Bonchev–Trinajstić information content (AvgIpc) is 2.38. The van der Waals surface area contributed by atoms with E-state index in [-0.39, 0.29) is 5.76 Å². The molecular weight excluding hydrogens is 134 g/mol. The molecule has 0 saturated heterocycles. The van der Waals surface area contributed by atoms with Crippen LogP contribution in [0.15, 0.2) is 27.9 Å². The highest BCUT2D eigenvalue weighted by Gasteiger charge is 2.03. The minimum Gasteiger partial charge on any atom is -0.461 e. The Balaban J connectivity index is 2.87. The van der Waals surface area contributed by atoms with E-state index in [1.54, 1.807) is 6.07 Å². The molecule has 1 amide bonds. The van der Waals surface area contributed by atoms with E-state index in [2.05, 4.69) is 14.4 Å². The summed E-state index contributed by atoms with van der Waals surface area (Å²) in [6, 6.07) is 2.97. The third-order valence-electron chi connectivity index (χ3n) is 0.868. The minimum absolute atomic E-state index is 0.0535. The van der Waals surface area contributed by atoms with Crippen LogP contribution in [0.2, 0.25) is 0 Å². The van der Waals surface area contributed by atoms with Crippen molar-refractivity contribution < 1.29 is 9.21 Å². The Hall–Kier alpha value is -1.74. The summed E-state index contributed by atoms with van der Waals surface area (Å²) in [4.78, 5) is 12.9. The van der Waals surface area contributed by atoms with Crippen molar-refractivity contribution >= 4 is 5.91 Å². The van der Waals surface area contributed by atoms with Crippen molar-refractivity contribution in [1.82, 2.24) is 0 Å². The summed E-state index contributed by atoms with van der Waals surface area (Å²) >= 11 is 0. The molecule has 0 N–H and O–H groups in total. The van der Waals surface area contributed by atoms with Crippen LogP contribution in [0.5, 0.6) is 0 Å². The van der Waals surface area contributed by atoms with Gasteiger partial charge in [0.1, 0.15) is 0 Å². The lowest BCUT2D eigenvalue weighted by Crippen LogP contribution is -1.87. The molecule has 0 aliphatic rings. The van der Waals surface area contributed by atoms with Crippen molar-refractivity contribution in [2.45, 2.75) is 0 Å². The molecule has 10 heavy (non-hydrogen) atoms. The van der Waals surface area contributed by atoms with Gasteiger partial charge in [0.15, 0.2) is 5.76 Å². The molecular formula is C5H3N3O2. The molecule has 5 heteroatoms. The van der Waals surface area contributed by atoms with Gasteiger partial charge in [-0.2, -0.15) is 0 Å². The number of amides is 1. The molecule has 1 aromatic rings. The molecule has 0 aromatic carbocycles. The first-order valence-corrected chi connectivity index (χ1v) is 2.47. The fourth-order valence-corrected chi connectivity index (χ4v) is 0.490. The Kier molecular flexibility index (Phi) is 1.72. The molecule has 0 saturated carbocycles. The van der Waals surface area contributed by atoms with Crippen LogP contribution in [0.1, 0.15) is 10.6 Å². The molecule has 1 heterocycles. The van der Waals surface area contributed by atoms with Gasteiger partial charge in [-0.1, -0.05) is 0 Å². The maximum Gasteiger partial charge on any atom is 0.284 e. The Bertz CT molecular complexity index is 271. The number of hydrogen-bond donors (Lipinski definition) is 0. The number of furan rings is 1. The van der Waals surface area contributed by atoms with Crippen molar-refractivity contribution in [3.8, 4) is 0 Å². The molecule has 1 rings (SSSR count). The zero-order valence-corrected chi connectivity index (χ0v) is 4.89. The number of azide groups is 1. The van der Waals surface area contributed by atoms with Gasteiger partial charge >= 0.3 is 0 Å². The van der Waals surface area contributed by atoms with Crippen LogP contribution >= 0.6 is 0 Å². The summed E-state index contributed by atoms with van der Waals surface area (Å²) in [7, 11) is 0. The van der Waals surface area contributed by atoms with Gasteiger partial charge in [-0.3, -0.25) is 4.79 Å². The second-order valence-electron chi connectivity index (χ2n) is 1.47. The first-order valence-electron chi connectivity index (χ1n) is 2.47. The molecule has 0 radical (unpaired) electrons. The summed E-state index contributed by atoms with van der Waals surface area (Å²) in [5.74, 6) is -0.648. The maximum absolute atomic E-state index is 10.6. The van der Waals surface area contributed by atoms with Gasteiger partial charge in [-0.15, -0.1) is 0 Å². The lowest BCUT2D eigenvalue weighted by Gasteiger charge is -1.80. The third-order valence-corrected chi connectivity index (χ3v) is 0.868. The van der Waals surface area contributed by atoms with Crippen LogP contribution in [0, 0.1) is 0 Å². The Morgan fingerprint density at radius 3 is 3.10 bits per heavy atom. The highest BCUT2D eigenvalue weighted by Crippen LogP contribution is 2.01. The topological polar surface area (TPSA) is 79.0 Å². The Morgan fingerprint density at radius 1 is 1.80 bits per heavy atom. The van der Waals surface area contributed by atoms with Crippen molar-refractivity contribution in [3.05, 3.63) is 34.6 Å². The van der Waals surface area contributed by atoms with Crippen LogP contribution in [0.25, 0.3) is 10.4 Å². The number of hydrogen-bond acceptors (Lipinski definition) is 2. The SMILES string of the molecule is [N-]=[N+]=NC(=O)c1ccco1. The third kappa shape index (κ3) is 1.15. The van der Waals surface area contributed by atoms with Crippen molar-refractivity contribution in [2.75, 3.05) is 0 Å². The number of carbonyl (C=O) groups excluding carboxylic acids is 1. The molecule has 0 aliphatic carbocycles. The molecule has 0 aliphatic heterocycles. The van der Waals surface area contributed by atoms with E-state index < -0.39 is 5.91 Å². The predicted octanol–water partition coefficient (Wildman–Crippen LogP) is 1.73. The lowest BCUT2D eigenvalue weighted by molar-refractivity contribution is 0.0974. The zero-order chi connectivity index (χ0) is 7.40. The van der Waals surface area contributed by atoms with Crippen LogP contribution in [0.4, 0.5) is 0 Å². The van der Waals surface area contributed by atoms with E-state index in [9.17, 15) is 4.79 Å². The van der Waals surface area contributed by atoms with E-state index in [0.717, 1.165) is 0 Å². The van der Waals surface area contributed by atoms with Gasteiger partial charge in [-0.05, 0) is 22.8 Å². The van der Waals surface area contributed by atoms with E-state index >= 15 is 0 Å². The van der Waals surface area contributed by atoms with E-state index in [4.69, 9.17) is 5.53 Å². The van der Waals surface area contributed by atoms with Gasteiger partial charge in [0.25, 0.3) is 5.91 Å². The minimum atomic E-state index is -0.701. The van der Waals surface area contributed by atoms with Crippen LogP contribution < -0.4 is 0 Å². The Morgan fingerprint density at radius 2 is 2.60 bits per heavy atom. The summed E-state index contributed by atoms with van der Waals surface area (Å²) in [6.07, 6.45) is 1.33. The van der Waals surface area contributed by atoms with Crippen molar-refractivity contribution in [1.29, 1.82) is 0 Å². The van der Waals surface area contributed by atoms with Gasteiger partial charge in [0.05, 0.1) is 6.26 Å². The standard InChI is InChI=1S/C5H3N3O2/c6-8-7-5(9)4-2-1-3-10-4/h1-3H. The second-order valence-corrected chi connectivity index (χ2v) is 1.47. The number of nitrogens with zero attached hydrogens (tertiary/aromatic N) is 3. The smallest absolute Gasteiger partial charge is 0.284 e. The first kappa shape index (κ1) is 6.38. The zero-order valence-electron chi connectivity index (χ0n) is 4.89. The van der Waals surface area contributed by atoms with Crippen molar-refractivity contribution in [3.63, 3.8) is 0 Å². The normalized spacial score (nSPS) is 8.40. The van der Waals surface area contributed by atoms with Gasteiger partial charge < -0.3 is 4.42 Å². The monoisotopic (exact) mass is 137 g/mol. The van der Waals surface area contributed by atoms with E-state index in [0.29, 0.717) is 0 Å². The van der Waals surface area contributed by atoms with Crippen LogP contribution in [0.3, 0.4) is 0 Å². The molecule has 0 spiro atoms. The lowest BCUT2D eigenvalue weighted by atomic mass is 10.4. The summed E-state index contributed by atoms with van der Waals surface area (Å²) in [5.41, 5.74) is 7.83. The largest absolute Gasteiger partial charge is 0.461 e. The first-order chi connectivity index (χ1) is 4.84. The van der Waals surface area contributed by atoms with Crippen LogP contribution in [-0.4, -0.2) is 5.91 Å². The average molecular weight is 137 g/mol. The van der Waals surface area contributed by atoms with E-state index in [1.807, 2.05) is 0 Å². The van der Waals surface area contributed by atoms with Gasteiger partial charge in [0.2, 0.25) is 0 Å². The van der Waals surface area contributed by atoms with Crippen molar-refractivity contribution in [2.24, 2.45) is 5.11 Å². The quantitative estimate of drug-likeness (QED) is 0.335.